The molecule has 5 aromatic rings. The van der Waals surface area contributed by atoms with Crippen molar-refractivity contribution >= 4 is 27.9 Å². The Morgan fingerprint density at radius 2 is 1.88 bits per heavy atom. The third kappa shape index (κ3) is 3.76. The van der Waals surface area contributed by atoms with Crippen LogP contribution in [0.15, 0.2) is 79.0 Å². The van der Waals surface area contributed by atoms with Crippen LogP contribution in [0.4, 0.5) is 0 Å². The predicted octanol–water partition coefficient (Wildman–Crippen LogP) is 6.37. The van der Waals surface area contributed by atoms with Gasteiger partial charge in [0, 0.05) is 18.0 Å². The Morgan fingerprint density at radius 3 is 2.73 bits per heavy atom. The van der Waals surface area contributed by atoms with Crippen LogP contribution in [0.2, 0.25) is 0 Å². The Bertz CT molecular complexity index is 1470. The van der Waals surface area contributed by atoms with Gasteiger partial charge in [-0.1, -0.05) is 55.8 Å². The van der Waals surface area contributed by atoms with Crippen LogP contribution in [0.1, 0.15) is 35.9 Å². The zero-order valence-corrected chi connectivity index (χ0v) is 18.8. The van der Waals surface area contributed by atoms with Crippen molar-refractivity contribution in [2.24, 2.45) is 0 Å². The molecule has 0 fully saturated rings. The van der Waals surface area contributed by atoms with Gasteiger partial charge in [0.2, 0.25) is 0 Å². The van der Waals surface area contributed by atoms with E-state index in [1.165, 1.54) is 7.11 Å². The number of methoxy groups -OCH3 is 1. The number of hydrogen-bond acceptors (Lipinski definition) is 4. The van der Waals surface area contributed by atoms with Gasteiger partial charge in [0.05, 0.1) is 18.4 Å². The molecule has 0 unspecified atom stereocenters. The van der Waals surface area contributed by atoms with Crippen molar-refractivity contribution in [3.63, 3.8) is 0 Å². The molecule has 0 bridgehead atoms. The van der Waals surface area contributed by atoms with Crippen LogP contribution in [0, 0.1) is 0 Å². The van der Waals surface area contributed by atoms with Crippen molar-refractivity contribution in [2.75, 3.05) is 7.11 Å². The van der Waals surface area contributed by atoms with Crippen LogP contribution in [0.3, 0.4) is 0 Å². The molecule has 0 aliphatic carbocycles. The van der Waals surface area contributed by atoms with E-state index >= 15 is 0 Å². The lowest BCUT2D eigenvalue weighted by Gasteiger charge is -2.14. The third-order valence-corrected chi connectivity index (χ3v) is 5.98. The number of unbranched alkanes of at least 4 members (excludes halogenated alkanes) is 1. The first-order valence-electron chi connectivity index (χ1n) is 11.2. The molecule has 3 aromatic carbocycles. The summed E-state index contributed by atoms with van der Waals surface area (Å²) >= 11 is 0. The van der Waals surface area contributed by atoms with Gasteiger partial charge in [-0.2, -0.15) is 0 Å². The number of aryl methyl sites for hydroxylation is 1. The van der Waals surface area contributed by atoms with Gasteiger partial charge in [-0.25, -0.2) is 14.8 Å². The molecule has 0 saturated carbocycles. The molecule has 2 aromatic heterocycles. The molecular weight excluding hydrogens is 410 g/mol. The number of imidazole rings is 1. The van der Waals surface area contributed by atoms with Crippen molar-refractivity contribution < 1.29 is 9.53 Å². The van der Waals surface area contributed by atoms with E-state index in [0.717, 1.165) is 63.8 Å². The molecule has 33 heavy (non-hydrogen) atoms. The van der Waals surface area contributed by atoms with Crippen molar-refractivity contribution in [1.82, 2.24) is 14.5 Å². The van der Waals surface area contributed by atoms with Gasteiger partial charge < -0.3 is 4.74 Å². The molecule has 5 rings (SSSR count). The number of pyridine rings is 1. The maximum absolute atomic E-state index is 12.3. The SMILES string of the molecule is CCCCc1nc2cccnc2n1-c1cccc2cc(-c3ccccc3C(=O)OC)ccc12. The molecule has 5 heteroatoms. The third-order valence-electron chi connectivity index (χ3n) is 5.98. The summed E-state index contributed by atoms with van der Waals surface area (Å²) in [4.78, 5) is 21.8. The Balaban J connectivity index is 1.69. The number of nitrogens with zero attached hydrogens (tertiary/aromatic N) is 3. The molecule has 5 nitrogen and oxygen atoms in total. The fourth-order valence-electron chi connectivity index (χ4n) is 4.37. The number of hydrogen-bond donors (Lipinski definition) is 0. The van der Waals surface area contributed by atoms with Crippen LogP contribution in [-0.2, 0) is 11.2 Å². The minimum absolute atomic E-state index is 0.337. The molecule has 0 radical (unpaired) electrons. The highest BCUT2D eigenvalue weighted by atomic mass is 16.5. The van der Waals surface area contributed by atoms with Crippen LogP contribution in [0.5, 0.6) is 0 Å². The summed E-state index contributed by atoms with van der Waals surface area (Å²) in [5.41, 5.74) is 5.23. The zero-order chi connectivity index (χ0) is 22.8. The second-order valence-electron chi connectivity index (χ2n) is 8.06. The molecule has 0 spiro atoms. The Hall–Kier alpha value is -3.99. The molecule has 0 atom stereocenters. The summed E-state index contributed by atoms with van der Waals surface area (Å²) in [6, 6.07) is 24.1. The number of fused-ring (bicyclic) bond motifs is 2. The highest BCUT2D eigenvalue weighted by Gasteiger charge is 2.17. The summed E-state index contributed by atoms with van der Waals surface area (Å²) in [6.45, 7) is 2.19. The summed E-state index contributed by atoms with van der Waals surface area (Å²) < 4.78 is 7.17. The maximum Gasteiger partial charge on any atom is 0.338 e. The van der Waals surface area contributed by atoms with Gasteiger partial charge in [0.1, 0.15) is 11.3 Å². The number of benzene rings is 3. The number of esters is 1. The van der Waals surface area contributed by atoms with E-state index in [0.29, 0.717) is 5.56 Å². The fourth-order valence-corrected chi connectivity index (χ4v) is 4.37. The molecule has 0 aliphatic heterocycles. The highest BCUT2D eigenvalue weighted by molar-refractivity contribution is 6.00. The van der Waals surface area contributed by atoms with Crippen LogP contribution < -0.4 is 0 Å². The van der Waals surface area contributed by atoms with Crippen LogP contribution in [-0.4, -0.2) is 27.6 Å². The van der Waals surface area contributed by atoms with Gasteiger partial charge in [-0.15, -0.1) is 0 Å². The number of rotatable bonds is 6. The topological polar surface area (TPSA) is 57.0 Å². The minimum Gasteiger partial charge on any atom is -0.465 e. The average Bonchev–Trinajstić information content (AvgIpc) is 3.24. The Labute approximate surface area is 192 Å². The molecule has 0 saturated heterocycles. The Morgan fingerprint density at radius 1 is 1.00 bits per heavy atom. The molecule has 0 amide bonds. The summed E-state index contributed by atoms with van der Waals surface area (Å²) in [6.07, 6.45) is 4.89. The first-order valence-corrected chi connectivity index (χ1v) is 11.2. The van der Waals surface area contributed by atoms with E-state index in [2.05, 4.69) is 52.9 Å². The molecule has 0 aliphatic rings. The van der Waals surface area contributed by atoms with E-state index in [1.54, 1.807) is 6.07 Å². The second kappa shape index (κ2) is 8.87. The quantitative estimate of drug-likeness (QED) is 0.291. The lowest BCUT2D eigenvalue weighted by Crippen LogP contribution is -2.04. The number of carbonyl (C=O) groups excluding carboxylic acids is 1. The summed E-state index contributed by atoms with van der Waals surface area (Å²) in [5, 5.41) is 2.20. The second-order valence-corrected chi connectivity index (χ2v) is 8.06. The molecule has 164 valence electrons. The number of aromatic nitrogens is 3. The molecular formula is C28H25N3O2. The van der Waals surface area contributed by atoms with Crippen LogP contribution >= 0.6 is 0 Å². The minimum atomic E-state index is -0.337. The van der Waals surface area contributed by atoms with Crippen molar-refractivity contribution in [2.45, 2.75) is 26.2 Å². The van der Waals surface area contributed by atoms with Crippen molar-refractivity contribution in [1.29, 1.82) is 0 Å². The highest BCUT2D eigenvalue weighted by Crippen LogP contribution is 2.32. The van der Waals surface area contributed by atoms with E-state index < -0.39 is 0 Å². The zero-order valence-electron chi connectivity index (χ0n) is 18.8. The predicted molar refractivity (Wildman–Crippen MR) is 132 cm³/mol. The van der Waals surface area contributed by atoms with E-state index in [9.17, 15) is 4.79 Å². The monoisotopic (exact) mass is 435 g/mol. The summed E-state index contributed by atoms with van der Waals surface area (Å²) in [5.74, 6) is 0.689. The standard InChI is InChI=1S/C28H25N3O2/c1-3-4-14-26-30-24-12-8-17-29-27(24)31(26)25-13-7-9-19-18-20(15-16-22(19)25)21-10-5-6-11-23(21)28(32)33-2/h5-13,15-18H,3-4,14H2,1-2H3. The first-order chi connectivity index (χ1) is 16.2. The largest absolute Gasteiger partial charge is 0.465 e. The fraction of sp³-hybridized carbons (Fsp3) is 0.179. The number of carbonyl (C=O) groups is 1. The van der Waals surface area contributed by atoms with Crippen molar-refractivity contribution in [3.05, 3.63) is 90.4 Å². The smallest absolute Gasteiger partial charge is 0.338 e. The van der Waals surface area contributed by atoms with Gasteiger partial charge in [0.25, 0.3) is 0 Å². The maximum atomic E-state index is 12.3. The molecule has 2 heterocycles. The van der Waals surface area contributed by atoms with Gasteiger partial charge in [-0.3, -0.25) is 4.57 Å². The first kappa shape index (κ1) is 20.9. The van der Waals surface area contributed by atoms with Gasteiger partial charge in [-0.05, 0) is 53.3 Å². The number of ether oxygens (including phenoxy) is 1. The summed E-state index contributed by atoms with van der Waals surface area (Å²) in [7, 11) is 1.41. The lowest BCUT2D eigenvalue weighted by molar-refractivity contribution is 0.0601. The Kier molecular flexibility index (Phi) is 5.61. The van der Waals surface area contributed by atoms with Crippen molar-refractivity contribution in [3.8, 4) is 16.8 Å². The normalized spacial score (nSPS) is 11.2. The lowest BCUT2D eigenvalue weighted by atomic mass is 9.96. The van der Waals surface area contributed by atoms with Gasteiger partial charge in [0.15, 0.2) is 5.65 Å². The van der Waals surface area contributed by atoms with Crippen LogP contribution in [0.25, 0.3) is 38.8 Å². The molecule has 0 N–H and O–H groups in total. The van der Waals surface area contributed by atoms with E-state index in [4.69, 9.17) is 9.72 Å². The van der Waals surface area contributed by atoms with E-state index in [-0.39, 0.29) is 5.97 Å². The van der Waals surface area contributed by atoms with Gasteiger partial charge >= 0.3 is 5.97 Å². The van der Waals surface area contributed by atoms with E-state index in [1.807, 2.05) is 36.5 Å². The average molecular weight is 436 g/mol.